The maximum absolute atomic E-state index is 12.8. The Hall–Kier alpha value is -2.35. The van der Waals surface area contributed by atoms with Gasteiger partial charge in [-0.1, -0.05) is 6.07 Å². The lowest BCUT2D eigenvalue weighted by Crippen LogP contribution is -2.23. The monoisotopic (exact) mass is 385 g/mol. The van der Waals surface area contributed by atoms with Gasteiger partial charge in [0.05, 0.1) is 7.11 Å². The summed E-state index contributed by atoms with van der Waals surface area (Å²) in [5.74, 6) is 0.221. The Bertz CT molecular complexity index is 726. The Balaban J connectivity index is 1.78. The van der Waals surface area contributed by atoms with Gasteiger partial charge in [0.15, 0.2) is 11.5 Å². The lowest BCUT2D eigenvalue weighted by molar-refractivity contribution is -0.120. The summed E-state index contributed by atoms with van der Waals surface area (Å²) >= 11 is 1.46. The number of rotatable bonds is 9. The Kier molecular flexibility index (Phi) is 7.65. The lowest BCUT2D eigenvalue weighted by atomic mass is 10.2. The third kappa shape index (κ3) is 6.51. The smallest absolute Gasteiger partial charge is 0.387 e. The van der Waals surface area contributed by atoms with Crippen molar-refractivity contribution < 1.29 is 27.4 Å². The van der Waals surface area contributed by atoms with Crippen LogP contribution in [0.15, 0.2) is 47.4 Å². The Morgan fingerprint density at radius 3 is 2.54 bits per heavy atom. The van der Waals surface area contributed by atoms with Crippen molar-refractivity contribution in [2.45, 2.75) is 24.5 Å². The number of halogens is 3. The second-order valence-electron chi connectivity index (χ2n) is 5.19. The number of amides is 1. The number of nitrogens with one attached hydrogen (secondary N) is 1. The number of methoxy groups -OCH3 is 1. The van der Waals surface area contributed by atoms with Crippen LogP contribution < -0.4 is 14.8 Å². The van der Waals surface area contributed by atoms with E-state index >= 15 is 0 Å². The standard InChI is InChI=1S/C18H18F3NO3S/c1-24-16-10-12(2-7-15(16)25-18(20)21)11-22-17(23)8-9-26-14-5-3-13(19)4-6-14/h2-7,10,18H,8-9,11H2,1H3,(H,22,23). The highest BCUT2D eigenvalue weighted by molar-refractivity contribution is 7.99. The Morgan fingerprint density at radius 1 is 1.15 bits per heavy atom. The van der Waals surface area contributed by atoms with Gasteiger partial charge in [-0.25, -0.2) is 4.39 Å². The maximum atomic E-state index is 12.8. The van der Waals surface area contributed by atoms with Crippen molar-refractivity contribution in [3.05, 3.63) is 53.8 Å². The zero-order valence-corrected chi connectivity index (χ0v) is 14.8. The molecule has 0 atom stereocenters. The molecule has 0 saturated heterocycles. The number of hydrogen-bond acceptors (Lipinski definition) is 4. The SMILES string of the molecule is COc1cc(CNC(=O)CCSc2ccc(F)cc2)ccc1OC(F)F. The van der Waals surface area contributed by atoms with Gasteiger partial charge < -0.3 is 14.8 Å². The van der Waals surface area contributed by atoms with Gasteiger partial charge >= 0.3 is 6.61 Å². The molecule has 140 valence electrons. The molecule has 0 aliphatic rings. The molecule has 0 aromatic heterocycles. The topological polar surface area (TPSA) is 47.6 Å². The minimum Gasteiger partial charge on any atom is -0.493 e. The minimum absolute atomic E-state index is 0.0618. The van der Waals surface area contributed by atoms with Crippen molar-refractivity contribution in [1.29, 1.82) is 0 Å². The van der Waals surface area contributed by atoms with Crippen LogP contribution in [0.2, 0.25) is 0 Å². The van der Waals surface area contributed by atoms with Gasteiger partial charge in [0, 0.05) is 23.6 Å². The maximum Gasteiger partial charge on any atom is 0.387 e. The van der Waals surface area contributed by atoms with E-state index in [-0.39, 0.29) is 29.8 Å². The summed E-state index contributed by atoms with van der Waals surface area (Å²) in [7, 11) is 1.35. The third-order valence-electron chi connectivity index (χ3n) is 3.35. The second kappa shape index (κ2) is 9.96. The fourth-order valence-electron chi connectivity index (χ4n) is 2.10. The van der Waals surface area contributed by atoms with Crippen molar-refractivity contribution in [3.63, 3.8) is 0 Å². The van der Waals surface area contributed by atoms with Crippen LogP contribution in [0, 0.1) is 5.82 Å². The zero-order valence-electron chi connectivity index (χ0n) is 14.0. The summed E-state index contributed by atoms with van der Waals surface area (Å²) in [4.78, 5) is 12.8. The molecule has 1 amide bonds. The molecule has 0 unspecified atom stereocenters. The molecule has 2 aromatic rings. The summed E-state index contributed by atoms with van der Waals surface area (Å²) in [6, 6.07) is 10.5. The summed E-state index contributed by atoms with van der Waals surface area (Å²) in [6.45, 7) is -2.70. The van der Waals surface area contributed by atoms with E-state index in [4.69, 9.17) is 4.74 Å². The largest absolute Gasteiger partial charge is 0.493 e. The van der Waals surface area contributed by atoms with Crippen LogP contribution in [-0.4, -0.2) is 25.4 Å². The molecule has 0 aliphatic carbocycles. The number of carbonyl (C=O) groups excluding carboxylic acids is 1. The zero-order chi connectivity index (χ0) is 18.9. The summed E-state index contributed by atoms with van der Waals surface area (Å²) in [6.07, 6.45) is 0.297. The number of alkyl halides is 2. The van der Waals surface area contributed by atoms with Gasteiger partial charge in [0.25, 0.3) is 0 Å². The highest BCUT2D eigenvalue weighted by Gasteiger charge is 2.11. The van der Waals surface area contributed by atoms with Crippen LogP contribution in [0.4, 0.5) is 13.2 Å². The van der Waals surface area contributed by atoms with E-state index in [0.29, 0.717) is 17.7 Å². The van der Waals surface area contributed by atoms with Crippen molar-refractivity contribution in [2.75, 3.05) is 12.9 Å². The molecule has 0 radical (unpaired) electrons. The minimum atomic E-state index is -2.94. The van der Waals surface area contributed by atoms with Gasteiger partial charge in [0.1, 0.15) is 5.82 Å². The van der Waals surface area contributed by atoms with E-state index in [1.165, 1.54) is 43.1 Å². The number of hydrogen-bond donors (Lipinski definition) is 1. The first-order valence-corrected chi connectivity index (χ1v) is 8.73. The number of ether oxygens (including phenoxy) is 2. The van der Waals surface area contributed by atoms with Crippen LogP contribution in [0.1, 0.15) is 12.0 Å². The van der Waals surface area contributed by atoms with Crippen molar-refractivity contribution in [2.24, 2.45) is 0 Å². The summed E-state index contributed by atoms with van der Waals surface area (Å²) in [5, 5.41) is 2.75. The van der Waals surface area contributed by atoms with Crippen LogP contribution in [0.25, 0.3) is 0 Å². The van der Waals surface area contributed by atoms with E-state index < -0.39 is 6.61 Å². The number of benzene rings is 2. The van der Waals surface area contributed by atoms with Gasteiger partial charge in [-0.05, 0) is 42.0 Å². The molecule has 0 bridgehead atoms. The average molecular weight is 385 g/mol. The van der Waals surface area contributed by atoms with E-state index in [1.54, 1.807) is 18.2 Å². The normalized spacial score (nSPS) is 10.7. The van der Waals surface area contributed by atoms with Crippen LogP contribution in [0.3, 0.4) is 0 Å². The highest BCUT2D eigenvalue weighted by atomic mass is 32.2. The molecule has 1 N–H and O–H groups in total. The van der Waals surface area contributed by atoms with Gasteiger partial charge in [-0.3, -0.25) is 4.79 Å². The van der Waals surface area contributed by atoms with Crippen LogP contribution in [-0.2, 0) is 11.3 Å². The Morgan fingerprint density at radius 2 is 1.88 bits per heavy atom. The van der Waals surface area contributed by atoms with E-state index in [9.17, 15) is 18.0 Å². The molecule has 4 nitrogen and oxygen atoms in total. The molecule has 0 fully saturated rings. The van der Waals surface area contributed by atoms with E-state index in [2.05, 4.69) is 10.1 Å². The lowest BCUT2D eigenvalue weighted by Gasteiger charge is -2.12. The fourth-order valence-corrected chi connectivity index (χ4v) is 2.95. The molecule has 0 saturated carbocycles. The summed E-state index contributed by atoms with van der Waals surface area (Å²) in [5.41, 5.74) is 0.697. The van der Waals surface area contributed by atoms with Gasteiger partial charge in [-0.2, -0.15) is 8.78 Å². The number of carbonyl (C=O) groups is 1. The van der Waals surface area contributed by atoms with Crippen molar-refractivity contribution in [3.8, 4) is 11.5 Å². The molecule has 2 aromatic carbocycles. The first kappa shape index (κ1) is 20.0. The van der Waals surface area contributed by atoms with Crippen molar-refractivity contribution in [1.82, 2.24) is 5.32 Å². The van der Waals surface area contributed by atoms with E-state index in [1.807, 2.05) is 0 Å². The molecule has 0 aliphatic heterocycles. The summed E-state index contributed by atoms with van der Waals surface area (Å²) < 4.78 is 46.8. The first-order chi connectivity index (χ1) is 12.5. The molecule has 8 heteroatoms. The van der Waals surface area contributed by atoms with Crippen molar-refractivity contribution >= 4 is 17.7 Å². The molecule has 0 spiro atoms. The molecule has 2 rings (SSSR count). The predicted octanol–water partition coefficient (Wildman–Crippen LogP) is 4.23. The van der Waals surface area contributed by atoms with Crippen LogP contribution in [0.5, 0.6) is 11.5 Å². The molecular weight excluding hydrogens is 367 g/mol. The second-order valence-corrected chi connectivity index (χ2v) is 6.36. The molecule has 0 heterocycles. The Labute approximate surface area is 153 Å². The first-order valence-electron chi connectivity index (χ1n) is 7.74. The van der Waals surface area contributed by atoms with E-state index in [0.717, 1.165) is 4.90 Å². The van der Waals surface area contributed by atoms with Gasteiger partial charge in [0.2, 0.25) is 5.91 Å². The quantitative estimate of drug-likeness (QED) is 0.656. The van der Waals surface area contributed by atoms with Gasteiger partial charge in [-0.15, -0.1) is 11.8 Å². The molecular formula is C18H18F3NO3S. The molecule has 26 heavy (non-hydrogen) atoms. The fraction of sp³-hybridized carbons (Fsp3) is 0.278. The van der Waals surface area contributed by atoms with Crippen LogP contribution >= 0.6 is 11.8 Å². The average Bonchev–Trinajstić information content (AvgIpc) is 2.62. The highest BCUT2D eigenvalue weighted by Crippen LogP contribution is 2.29. The predicted molar refractivity (Wildman–Crippen MR) is 93.2 cm³/mol. The number of thioether (sulfide) groups is 1. The third-order valence-corrected chi connectivity index (χ3v) is 4.36.